The highest BCUT2D eigenvalue weighted by Gasteiger charge is 2.22. The molecule has 0 atom stereocenters. The minimum atomic E-state index is 0.110. The zero-order valence-electron chi connectivity index (χ0n) is 18.8. The van der Waals surface area contributed by atoms with Crippen molar-refractivity contribution in [3.8, 4) is 0 Å². The molecule has 3 heterocycles. The highest BCUT2D eigenvalue weighted by Crippen LogP contribution is 2.21. The number of hydrogen-bond donors (Lipinski definition) is 1. The van der Waals surface area contributed by atoms with E-state index in [0.29, 0.717) is 6.54 Å². The number of carbonyl (C=O) groups is 1. The fraction of sp³-hybridized carbons (Fsp3) is 0.708. The van der Waals surface area contributed by atoms with Crippen molar-refractivity contribution in [2.45, 2.75) is 25.8 Å². The molecule has 0 saturated carbocycles. The van der Waals surface area contributed by atoms with E-state index >= 15 is 0 Å². The molecule has 3 saturated heterocycles. The monoisotopic (exact) mass is 446 g/mol. The van der Waals surface area contributed by atoms with Gasteiger partial charge in [-0.3, -0.25) is 19.5 Å². The van der Waals surface area contributed by atoms with Crippen LogP contribution in [0.5, 0.6) is 0 Å². The van der Waals surface area contributed by atoms with Gasteiger partial charge < -0.3 is 10.1 Å². The van der Waals surface area contributed by atoms with Crippen LogP contribution in [0.3, 0.4) is 0 Å². The molecule has 0 unspecified atom stereocenters. The number of thioether (sulfide) groups is 1. The van der Waals surface area contributed by atoms with Crippen molar-refractivity contribution in [2.24, 2.45) is 5.92 Å². The Kier molecular flexibility index (Phi) is 9.08. The zero-order chi connectivity index (χ0) is 21.3. The molecule has 4 rings (SSSR count). The lowest BCUT2D eigenvalue weighted by Gasteiger charge is -2.33. The summed E-state index contributed by atoms with van der Waals surface area (Å²) in [7, 11) is 0. The lowest BCUT2D eigenvalue weighted by atomic mass is 9.93. The van der Waals surface area contributed by atoms with Crippen molar-refractivity contribution in [3.63, 3.8) is 0 Å². The van der Waals surface area contributed by atoms with Crippen LogP contribution in [0.15, 0.2) is 24.3 Å². The number of hydrogen-bond acceptors (Lipinski definition) is 6. The minimum absolute atomic E-state index is 0.110. The summed E-state index contributed by atoms with van der Waals surface area (Å²) in [6.07, 6.45) is 3.70. The number of benzene rings is 1. The van der Waals surface area contributed by atoms with Crippen LogP contribution in [0.1, 0.15) is 24.8 Å². The van der Waals surface area contributed by atoms with Crippen molar-refractivity contribution in [3.05, 3.63) is 29.8 Å². The van der Waals surface area contributed by atoms with E-state index in [1.54, 1.807) is 0 Å². The molecule has 31 heavy (non-hydrogen) atoms. The van der Waals surface area contributed by atoms with Gasteiger partial charge in [0.05, 0.1) is 19.8 Å². The second-order valence-electron chi connectivity index (χ2n) is 9.10. The zero-order valence-corrected chi connectivity index (χ0v) is 19.6. The third-order valence-corrected chi connectivity index (χ3v) is 7.69. The summed E-state index contributed by atoms with van der Waals surface area (Å²) in [4.78, 5) is 20.0. The third-order valence-electron chi connectivity index (χ3n) is 6.75. The quantitative estimate of drug-likeness (QED) is 0.663. The number of anilines is 1. The molecule has 0 bridgehead atoms. The van der Waals surface area contributed by atoms with Gasteiger partial charge in [-0.1, -0.05) is 12.1 Å². The van der Waals surface area contributed by atoms with Gasteiger partial charge in [-0.15, -0.1) is 0 Å². The first-order chi connectivity index (χ1) is 15.2. The molecule has 0 radical (unpaired) electrons. The number of amides is 1. The van der Waals surface area contributed by atoms with Gasteiger partial charge in [0.15, 0.2) is 0 Å². The Morgan fingerprint density at radius 2 is 1.77 bits per heavy atom. The predicted molar refractivity (Wildman–Crippen MR) is 129 cm³/mol. The highest BCUT2D eigenvalue weighted by molar-refractivity contribution is 7.99. The number of morpholine rings is 1. The van der Waals surface area contributed by atoms with Crippen molar-refractivity contribution >= 4 is 23.4 Å². The molecule has 7 heteroatoms. The summed E-state index contributed by atoms with van der Waals surface area (Å²) < 4.78 is 5.44. The summed E-state index contributed by atoms with van der Waals surface area (Å²) in [6.45, 7) is 11.0. The van der Waals surface area contributed by atoms with Crippen LogP contribution in [0, 0.1) is 5.92 Å². The molecule has 0 aromatic heterocycles. The Balaban J connectivity index is 1.15. The molecule has 0 aliphatic carbocycles. The van der Waals surface area contributed by atoms with Crippen LogP contribution < -0.4 is 5.32 Å². The second kappa shape index (κ2) is 12.2. The van der Waals surface area contributed by atoms with E-state index in [1.165, 1.54) is 42.9 Å². The molecule has 1 aromatic carbocycles. The molecular formula is C24H38N4O2S. The number of likely N-dealkylation sites (tertiary alicyclic amines) is 1. The first-order valence-electron chi connectivity index (χ1n) is 12.0. The van der Waals surface area contributed by atoms with Gasteiger partial charge in [0.25, 0.3) is 0 Å². The first-order valence-corrected chi connectivity index (χ1v) is 13.1. The largest absolute Gasteiger partial charge is 0.379 e. The molecule has 172 valence electrons. The number of piperidine rings is 1. The van der Waals surface area contributed by atoms with E-state index in [2.05, 4.69) is 38.2 Å². The number of carbonyl (C=O) groups excluding carboxylic acids is 1. The Morgan fingerprint density at radius 3 is 2.55 bits per heavy atom. The topological polar surface area (TPSA) is 48.1 Å². The van der Waals surface area contributed by atoms with Crippen LogP contribution in [-0.2, 0) is 16.1 Å². The van der Waals surface area contributed by atoms with Gasteiger partial charge in [-0.2, -0.15) is 11.8 Å². The summed E-state index contributed by atoms with van der Waals surface area (Å²) in [5.74, 6) is 3.35. The Morgan fingerprint density at radius 1 is 1.00 bits per heavy atom. The molecule has 3 aliphatic heterocycles. The summed E-state index contributed by atoms with van der Waals surface area (Å²) in [5.41, 5.74) is 2.21. The minimum Gasteiger partial charge on any atom is -0.379 e. The Labute approximate surface area is 191 Å². The average Bonchev–Trinajstić information content (AvgIpc) is 2.80. The molecule has 0 spiro atoms. The van der Waals surface area contributed by atoms with E-state index < -0.39 is 0 Å². The average molecular weight is 447 g/mol. The lowest BCUT2D eigenvalue weighted by Crippen LogP contribution is -2.41. The Bertz CT molecular complexity index is 684. The van der Waals surface area contributed by atoms with Gasteiger partial charge in [0, 0.05) is 49.9 Å². The second-order valence-corrected chi connectivity index (χ2v) is 10.3. The maximum Gasteiger partial charge on any atom is 0.238 e. The molecule has 3 aliphatic rings. The van der Waals surface area contributed by atoms with E-state index in [9.17, 15) is 4.79 Å². The van der Waals surface area contributed by atoms with E-state index in [1.807, 2.05) is 17.8 Å². The van der Waals surface area contributed by atoms with Crippen LogP contribution in [0.4, 0.5) is 5.69 Å². The van der Waals surface area contributed by atoms with Gasteiger partial charge >= 0.3 is 0 Å². The van der Waals surface area contributed by atoms with Gasteiger partial charge in [-0.05, 0) is 62.5 Å². The summed E-state index contributed by atoms with van der Waals surface area (Å²) in [6, 6.07) is 8.37. The standard InChI is InChI=1S/C24H38N4O2S/c29-24(25-23-3-1-2-22(18-23)19-28-12-16-31-17-13-28)20-27-8-5-21(6-9-27)4-7-26-10-14-30-15-11-26/h1-3,18,21H,4-17,19-20H2,(H,25,29). The van der Waals surface area contributed by atoms with Crippen molar-refractivity contribution in [1.82, 2.24) is 14.7 Å². The van der Waals surface area contributed by atoms with Crippen molar-refractivity contribution in [2.75, 3.05) is 82.4 Å². The van der Waals surface area contributed by atoms with Crippen molar-refractivity contribution < 1.29 is 9.53 Å². The van der Waals surface area contributed by atoms with Crippen molar-refractivity contribution in [1.29, 1.82) is 0 Å². The predicted octanol–water partition coefficient (Wildman–Crippen LogP) is 2.61. The number of rotatable bonds is 8. The maximum absolute atomic E-state index is 12.6. The maximum atomic E-state index is 12.6. The van der Waals surface area contributed by atoms with E-state index in [-0.39, 0.29) is 5.91 Å². The van der Waals surface area contributed by atoms with Gasteiger partial charge in [0.2, 0.25) is 5.91 Å². The van der Waals surface area contributed by atoms with Gasteiger partial charge in [0.1, 0.15) is 0 Å². The van der Waals surface area contributed by atoms with Crippen LogP contribution >= 0.6 is 11.8 Å². The fourth-order valence-electron chi connectivity index (χ4n) is 4.79. The normalized spacial score (nSPS) is 22.5. The first kappa shape index (κ1) is 23.1. The van der Waals surface area contributed by atoms with Crippen LogP contribution in [0.2, 0.25) is 0 Å². The summed E-state index contributed by atoms with van der Waals surface area (Å²) in [5, 5.41) is 3.12. The van der Waals surface area contributed by atoms with Gasteiger partial charge in [-0.25, -0.2) is 0 Å². The van der Waals surface area contributed by atoms with Crippen LogP contribution in [0.25, 0.3) is 0 Å². The molecule has 1 amide bonds. The molecular weight excluding hydrogens is 408 g/mol. The Hall–Kier alpha value is -1.12. The summed E-state index contributed by atoms with van der Waals surface area (Å²) >= 11 is 2.04. The van der Waals surface area contributed by atoms with E-state index in [0.717, 1.165) is 70.6 Å². The molecule has 3 fully saturated rings. The number of ether oxygens (including phenoxy) is 1. The lowest BCUT2D eigenvalue weighted by molar-refractivity contribution is -0.117. The smallest absolute Gasteiger partial charge is 0.238 e. The number of nitrogens with one attached hydrogen (secondary N) is 1. The third kappa shape index (κ3) is 7.75. The van der Waals surface area contributed by atoms with E-state index in [4.69, 9.17) is 4.74 Å². The van der Waals surface area contributed by atoms with Crippen LogP contribution in [-0.4, -0.2) is 97.7 Å². The molecule has 6 nitrogen and oxygen atoms in total. The SMILES string of the molecule is O=C(CN1CCC(CCN2CCOCC2)CC1)Nc1cccc(CN2CCSCC2)c1. The number of nitrogens with zero attached hydrogens (tertiary/aromatic N) is 3. The highest BCUT2D eigenvalue weighted by atomic mass is 32.2. The molecule has 1 N–H and O–H groups in total. The molecule has 1 aromatic rings. The fourth-order valence-corrected chi connectivity index (χ4v) is 5.77.